The minimum atomic E-state index is 0.0894. The molecule has 0 spiro atoms. The minimum Gasteiger partial charge on any atom is -0.373 e. The maximum atomic E-state index is 12.5. The van der Waals surface area contributed by atoms with Crippen LogP contribution in [0.5, 0.6) is 0 Å². The number of ether oxygens (including phenoxy) is 2. The predicted octanol–water partition coefficient (Wildman–Crippen LogP) is 2.84. The number of carbonyl (C=O) groups is 1. The van der Waals surface area contributed by atoms with E-state index in [2.05, 4.69) is 23.5 Å². The molecular formula is C20H23NO3. The monoisotopic (exact) mass is 325 g/mol. The summed E-state index contributed by atoms with van der Waals surface area (Å²) in [6, 6.07) is 14.5. The molecule has 3 unspecified atom stereocenters. The predicted molar refractivity (Wildman–Crippen MR) is 92.9 cm³/mol. The maximum absolute atomic E-state index is 12.5. The van der Waals surface area contributed by atoms with Crippen molar-refractivity contribution in [1.29, 1.82) is 0 Å². The van der Waals surface area contributed by atoms with Crippen LogP contribution in [0.15, 0.2) is 42.5 Å². The summed E-state index contributed by atoms with van der Waals surface area (Å²) in [6.45, 7) is 1.36. The van der Waals surface area contributed by atoms with Crippen LogP contribution in [0.4, 0.5) is 0 Å². The number of fused-ring (bicyclic) bond motifs is 2. The molecule has 4 heteroatoms. The van der Waals surface area contributed by atoms with E-state index in [0.29, 0.717) is 19.6 Å². The summed E-state index contributed by atoms with van der Waals surface area (Å²) >= 11 is 0. The van der Waals surface area contributed by atoms with Crippen molar-refractivity contribution < 1.29 is 14.3 Å². The van der Waals surface area contributed by atoms with Crippen molar-refractivity contribution in [1.82, 2.24) is 5.32 Å². The van der Waals surface area contributed by atoms with Crippen LogP contribution in [0.1, 0.15) is 24.8 Å². The van der Waals surface area contributed by atoms with Crippen LogP contribution in [-0.4, -0.2) is 37.4 Å². The molecule has 1 saturated heterocycles. The third-order valence-electron chi connectivity index (χ3n) is 5.07. The molecular weight excluding hydrogens is 302 g/mol. The molecule has 2 aromatic carbocycles. The lowest BCUT2D eigenvalue weighted by molar-refractivity contribution is -0.158. The highest BCUT2D eigenvalue weighted by molar-refractivity contribution is 5.90. The van der Waals surface area contributed by atoms with Crippen molar-refractivity contribution in [3.8, 4) is 0 Å². The molecule has 3 atom stereocenters. The van der Waals surface area contributed by atoms with E-state index in [-0.39, 0.29) is 24.2 Å². The molecule has 4 rings (SSSR count). The average Bonchev–Trinajstić information content (AvgIpc) is 2.62. The van der Waals surface area contributed by atoms with Crippen LogP contribution in [0.25, 0.3) is 10.8 Å². The molecule has 0 bridgehead atoms. The third-order valence-corrected chi connectivity index (χ3v) is 5.07. The first kappa shape index (κ1) is 15.6. The Morgan fingerprint density at radius 3 is 2.71 bits per heavy atom. The van der Waals surface area contributed by atoms with Crippen LogP contribution in [0, 0.1) is 0 Å². The number of benzene rings is 2. The molecule has 0 radical (unpaired) electrons. The fourth-order valence-electron chi connectivity index (χ4n) is 3.90. The van der Waals surface area contributed by atoms with E-state index in [1.165, 1.54) is 5.39 Å². The zero-order valence-electron chi connectivity index (χ0n) is 13.7. The van der Waals surface area contributed by atoms with Gasteiger partial charge in [0.05, 0.1) is 31.8 Å². The molecule has 4 nitrogen and oxygen atoms in total. The van der Waals surface area contributed by atoms with E-state index >= 15 is 0 Å². The second kappa shape index (κ2) is 6.91. The van der Waals surface area contributed by atoms with E-state index < -0.39 is 0 Å². The van der Waals surface area contributed by atoms with E-state index in [1.54, 1.807) is 0 Å². The lowest BCUT2D eigenvalue weighted by Gasteiger charge is -2.39. The number of nitrogens with one attached hydrogen (secondary N) is 1. The highest BCUT2D eigenvalue weighted by Crippen LogP contribution is 2.27. The molecule has 126 valence electrons. The summed E-state index contributed by atoms with van der Waals surface area (Å²) in [5.41, 5.74) is 1.08. The summed E-state index contributed by atoms with van der Waals surface area (Å²) in [7, 11) is 0. The van der Waals surface area contributed by atoms with Crippen LogP contribution in [-0.2, 0) is 20.7 Å². The van der Waals surface area contributed by atoms with Gasteiger partial charge >= 0.3 is 0 Å². The Hall–Kier alpha value is -1.91. The van der Waals surface area contributed by atoms with Gasteiger partial charge in [0.25, 0.3) is 0 Å². The Kier molecular flexibility index (Phi) is 4.50. The first-order valence-electron chi connectivity index (χ1n) is 8.79. The van der Waals surface area contributed by atoms with Crippen molar-refractivity contribution in [2.24, 2.45) is 0 Å². The van der Waals surface area contributed by atoms with Crippen molar-refractivity contribution in [2.75, 3.05) is 13.2 Å². The summed E-state index contributed by atoms with van der Waals surface area (Å²) in [4.78, 5) is 12.5. The van der Waals surface area contributed by atoms with E-state index in [1.807, 2.05) is 24.3 Å². The highest BCUT2D eigenvalue weighted by Gasteiger charge is 2.34. The molecule has 1 amide bonds. The Morgan fingerprint density at radius 1 is 1.00 bits per heavy atom. The fraction of sp³-hybridized carbons (Fsp3) is 0.450. The number of hydrogen-bond acceptors (Lipinski definition) is 3. The molecule has 24 heavy (non-hydrogen) atoms. The van der Waals surface area contributed by atoms with Gasteiger partial charge in [-0.3, -0.25) is 4.79 Å². The summed E-state index contributed by atoms with van der Waals surface area (Å²) < 4.78 is 11.5. The molecule has 2 aromatic rings. The average molecular weight is 325 g/mol. The number of hydrogen-bond donors (Lipinski definition) is 1. The molecule has 1 saturated carbocycles. The number of amides is 1. The standard InChI is InChI=1S/C20H23NO3/c22-20(12-15-6-3-5-14-4-1-2-7-17(14)15)21-16-8-9-18-19(13-16)24-11-10-23-18/h1-7,16,18-19H,8-13H2,(H,21,22). The van der Waals surface area contributed by atoms with Gasteiger partial charge in [0.15, 0.2) is 0 Å². The molecule has 0 aromatic heterocycles. The van der Waals surface area contributed by atoms with Crippen LogP contribution < -0.4 is 5.32 Å². The molecule has 1 heterocycles. The second-order valence-corrected chi connectivity index (χ2v) is 6.71. The third kappa shape index (κ3) is 3.30. The van der Waals surface area contributed by atoms with Gasteiger partial charge in [-0.05, 0) is 35.6 Å². The van der Waals surface area contributed by atoms with Gasteiger partial charge in [0.2, 0.25) is 5.91 Å². The topological polar surface area (TPSA) is 47.6 Å². The van der Waals surface area contributed by atoms with Gasteiger partial charge in [-0.1, -0.05) is 42.5 Å². The largest absolute Gasteiger partial charge is 0.373 e. The SMILES string of the molecule is O=C(Cc1cccc2ccccc12)NC1CCC2OCCOC2C1. The van der Waals surface area contributed by atoms with Crippen LogP contribution in [0.2, 0.25) is 0 Å². The highest BCUT2D eigenvalue weighted by atomic mass is 16.6. The van der Waals surface area contributed by atoms with Gasteiger partial charge < -0.3 is 14.8 Å². The lowest BCUT2D eigenvalue weighted by atomic mass is 9.89. The van der Waals surface area contributed by atoms with Gasteiger partial charge in [-0.25, -0.2) is 0 Å². The quantitative estimate of drug-likeness (QED) is 0.944. The number of carbonyl (C=O) groups excluding carboxylic acids is 1. The molecule has 1 N–H and O–H groups in total. The Labute approximate surface area is 142 Å². The Morgan fingerprint density at radius 2 is 1.79 bits per heavy atom. The van der Waals surface area contributed by atoms with Crippen LogP contribution >= 0.6 is 0 Å². The normalized spacial score (nSPS) is 26.8. The summed E-state index contributed by atoms with van der Waals surface area (Å²) in [6.07, 6.45) is 3.55. The minimum absolute atomic E-state index is 0.0894. The van der Waals surface area contributed by atoms with Gasteiger partial charge in [-0.15, -0.1) is 0 Å². The number of rotatable bonds is 3. The fourth-order valence-corrected chi connectivity index (χ4v) is 3.90. The van der Waals surface area contributed by atoms with Crippen molar-refractivity contribution in [3.05, 3.63) is 48.0 Å². The van der Waals surface area contributed by atoms with Crippen LogP contribution in [0.3, 0.4) is 0 Å². The Bertz CT molecular complexity index is 724. The van der Waals surface area contributed by atoms with E-state index in [0.717, 1.165) is 30.2 Å². The summed E-state index contributed by atoms with van der Waals surface area (Å²) in [5, 5.41) is 5.52. The van der Waals surface area contributed by atoms with E-state index in [9.17, 15) is 4.79 Å². The first-order chi connectivity index (χ1) is 11.8. The van der Waals surface area contributed by atoms with Crippen molar-refractivity contribution in [3.63, 3.8) is 0 Å². The second-order valence-electron chi connectivity index (χ2n) is 6.71. The summed E-state index contributed by atoms with van der Waals surface area (Å²) in [5.74, 6) is 0.0894. The smallest absolute Gasteiger partial charge is 0.224 e. The zero-order valence-corrected chi connectivity index (χ0v) is 13.7. The van der Waals surface area contributed by atoms with Gasteiger partial charge in [0, 0.05) is 6.04 Å². The zero-order chi connectivity index (χ0) is 16.4. The molecule has 1 aliphatic carbocycles. The molecule has 2 fully saturated rings. The Balaban J connectivity index is 1.39. The molecule has 1 aliphatic heterocycles. The van der Waals surface area contributed by atoms with E-state index in [4.69, 9.17) is 9.47 Å². The van der Waals surface area contributed by atoms with Crippen molar-refractivity contribution >= 4 is 16.7 Å². The maximum Gasteiger partial charge on any atom is 0.224 e. The van der Waals surface area contributed by atoms with Gasteiger partial charge in [-0.2, -0.15) is 0 Å². The molecule has 2 aliphatic rings. The first-order valence-corrected chi connectivity index (χ1v) is 8.79. The van der Waals surface area contributed by atoms with Crippen molar-refractivity contribution in [2.45, 2.75) is 43.9 Å². The van der Waals surface area contributed by atoms with Gasteiger partial charge in [0.1, 0.15) is 0 Å². The lowest BCUT2D eigenvalue weighted by Crippen LogP contribution is -2.49.